The first-order chi connectivity index (χ1) is 11.9. The van der Waals surface area contributed by atoms with Crippen LogP contribution < -0.4 is 39.8 Å². The molecule has 0 amide bonds. The van der Waals surface area contributed by atoms with E-state index in [1.165, 1.54) is 30.3 Å². The van der Waals surface area contributed by atoms with Gasteiger partial charge in [-0.3, -0.25) is 0 Å². The van der Waals surface area contributed by atoms with Crippen molar-refractivity contribution in [2.75, 3.05) is 0 Å². The molecule has 7 heteroatoms. The van der Waals surface area contributed by atoms with Gasteiger partial charge in [-0.2, -0.15) is 8.42 Å². The summed E-state index contributed by atoms with van der Waals surface area (Å²) in [5.74, 6) is -0.383. The van der Waals surface area contributed by atoms with Crippen molar-refractivity contribution in [3.05, 3.63) is 89.5 Å². The van der Waals surface area contributed by atoms with Gasteiger partial charge in [-0.05, 0) is 17.2 Å². The molecule has 0 spiro atoms. The molecule has 3 aromatic carbocycles. The standard InChI is InChI=1S/C19H14O5S.Na/c20-15-9-5-13(6-10-15)19(14-7-11-16(21)12-8-14)17-3-1-2-4-18(17)25(22,23)24-19;/h1-12,20-21H;/q;+1/p-2. The third-order valence-corrected chi connectivity index (χ3v) is 5.66. The Morgan fingerprint density at radius 1 is 0.731 bits per heavy atom. The minimum absolute atomic E-state index is 0. The van der Waals surface area contributed by atoms with Crippen LogP contribution in [-0.4, -0.2) is 8.42 Å². The van der Waals surface area contributed by atoms with E-state index in [0.29, 0.717) is 16.7 Å². The number of rotatable bonds is 2. The molecular formula is C19H12NaO5S-. The predicted molar refractivity (Wildman–Crippen MR) is 86.4 cm³/mol. The van der Waals surface area contributed by atoms with Gasteiger partial charge < -0.3 is 10.2 Å². The van der Waals surface area contributed by atoms with Crippen molar-refractivity contribution in [2.45, 2.75) is 10.5 Å². The third-order valence-electron chi connectivity index (χ3n) is 4.29. The predicted octanol–water partition coefficient (Wildman–Crippen LogP) is -1.15. The van der Waals surface area contributed by atoms with Gasteiger partial charge in [0, 0.05) is 5.56 Å². The van der Waals surface area contributed by atoms with Crippen LogP contribution in [0.25, 0.3) is 0 Å². The molecule has 0 saturated carbocycles. The topological polar surface area (TPSA) is 89.5 Å². The van der Waals surface area contributed by atoms with Gasteiger partial charge in [0.2, 0.25) is 0 Å². The molecule has 0 aliphatic carbocycles. The van der Waals surface area contributed by atoms with Crippen LogP contribution in [0.4, 0.5) is 0 Å². The Kier molecular flexibility index (Phi) is 4.90. The summed E-state index contributed by atoms with van der Waals surface area (Å²) in [6, 6.07) is 18.1. The van der Waals surface area contributed by atoms with E-state index in [-0.39, 0.29) is 46.0 Å². The average Bonchev–Trinajstić information content (AvgIpc) is 2.85. The maximum Gasteiger partial charge on any atom is 1.00 e. The van der Waals surface area contributed by atoms with Gasteiger partial charge in [0.15, 0.2) is 5.60 Å². The number of hydrogen-bond acceptors (Lipinski definition) is 5. The Morgan fingerprint density at radius 3 is 1.69 bits per heavy atom. The summed E-state index contributed by atoms with van der Waals surface area (Å²) in [6.07, 6.45) is 0. The maximum atomic E-state index is 12.6. The molecule has 0 unspecified atom stereocenters. The van der Waals surface area contributed by atoms with E-state index in [1.54, 1.807) is 42.5 Å². The quantitative estimate of drug-likeness (QED) is 0.417. The molecule has 0 N–H and O–H groups in total. The van der Waals surface area contributed by atoms with E-state index in [2.05, 4.69) is 0 Å². The van der Waals surface area contributed by atoms with Crippen molar-refractivity contribution < 1.29 is 52.4 Å². The molecule has 126 valence electrons. The largest absolute Gasteiger partial charge is 1.00 e. The zero-order chi connectivity index (χ0) is 17.7. The van der Waals surface area contributed by atoms with Crippen molar-refractivity contribution in [3.8, 4) is 11.5 Å². The SMILES string of the molecule is O=S1(=O)OC(c2ccc([O-])cc2)(c2ccc([O-])cc2)c2ccccc21.[Na+]. The second-order valence-corrected chi connectivity index (χ2v) is 7.28. The van der Waals surface area contributed by atoms with Crippen LogP contribution in [0.2, 0.25) is 0 Å². The number of hydrogen-bond donors (Lipinski definition) is 0. The molecule has 26 heavy (non-hydrogen) atoms. The second kappa shape index (κ2) is 6.72. The zero-order valence-electron chi connectivity index (χ0n) is 13.9. The van der Waals surface area contributed by atoms with Gasteiger partial charge in [0.25, 0.3) is 10.1 Å². The minimum atomic E-state index is -3.99. The molecule has 0 atom stereocenters. The van der Waals surface area contributed by atoms with Gasteiger partial charge in [-0.15, -0.1) is 11.5 Å². The third kappa shape index (κ3) is 2.84. The molecular weight excluding hydrogens is 363 g/mol. The summed E-state index contributed by atoms with van der Waals surface area (Å²) in [5, 5.41) is 23.0. The first kappa shape index (κ1) is 18.9. The monoisotopic (exact) mass is 375 g/mol. The Balaban J connectivity index is 0.00000196. The molecule has 1 heterocycles. The molecule has 0 fully saturated rings. The zero-order valence-corrected chi connectivity index (χ0v) is 16.7. The van der Waals surface area contributed by atoms with Gasteiger partial charge in [0.05, 0.1) is 0 Å². The molecule has 3 aromatic rings. The van der Waals surface area contributed by atoms with Gasteiger partial charge in [-0.25, -0.2) is 4.18 Å². The number of benzene rings is 3. The van der Waals surface area contributed by atoms with Crippen LogP contribution in [0.1, 0.15) is 16.7 Å². The van der Waals surface area contributed by atoms with Crippen molar-refractivity contribution in [2.24, 2.45) is 0 Å². The fourth-order valence-corrected chi connectivity index (χ4v) is 4.61. The van der Waals surface area contributed by atoms with E-state index in [4.69, 9.17) is 4.18 Å². The van der Waals surface area contributed by atoms with Crippen LogP contribution in [0.15, 0.2) is 77.7 Å². The smallest absolute Gasteiger partial charge is 0.872 e. The van der Waals surface area contributed by atoms with Crippen LogP contribution >= 0.6 is 0 Å². The first-order valence-electron chi connectivity index (χ1n) is 7.54. The summed E-state index contributed by atoms with van der Waals surface area (Å²) in [7, 11) is -3.99. The Labute approximate surface area is 173 Å². The van der Waals surface area contributed by atoms with Crippen LogP contribution in [0.3, 0.4) is 0 Å². The van der Waals surface area contributed by atoms with E-state index in [1.807, 2.05) is 0 Å². The summed E-state index contributed by atoms with van der Waals surface area (Å²) in [5.41, 5.74) is 0.0162. The second-order valence-electron chi connectivity index (χ2n) is 5.76. The first-order valence-corrected chi connectivity index (χ1v) is 8.94. The summed E-state index contributed by atoms with van der Waals surface area (Å²) in [4.78, 5) is 0.0763. The van der Waals surface area contributed by atoms with Crippen molar-refractivity contribution in [1.82, 2.24) is 0 Å². The van der Waals surface area contributed by atoms with Crippen LogP contribution in [0.5, 0.6) is 11.5 Å². The Morgan fingerprint density at radius 2 is 1.19 bits per heavy atom. The van der Waals surface area contributed by atoms with Crippen molar-refractivity contribution in [3.63, 3.8) is 0 Å². The van der Waals surface area contributed by atoms with E-state index < -0.39 is 15.7 Å². The fraction of sp³-hybridized carbons (Fsp3) is 0.0526. The maximum absolute atomic E-state index is 12.6. The average molecular weight is 375 g/mol. The molecule has 0 bridgehead atoms. The molecule has 0 saturated heterocycles. The van der Waals surface area contributed by atoms with E-state index in [0.717, 1.165) is 0 Å². The Hall–Kier alpha value is -1.83. The normalized spacial score (nSPS) is 16.5. The summed E-state index contributed by atoms with van der Waals surface area (Å²) >= 11 is 0. The molecule has 0 radical (unpaired) electrons. The van der Waals surface area contributed by atoms with Gasteiger partial charge >= 0.3 is 29.6 Å². The van der Waals surface area contributed by atoms with Crippen LogP contribution in [-0.2, 0) is 19.9 Å². The molecule has 4 rings (SSSR count). The van der Waals surface area contributed by atoms with E-state index in [9.17, 15) is 18.6 Å². The molecule has 1 aliphatic rings. The Bertz CT molecular complexity index is 999. The van der Waals surface area contributed by atoms with Gasteiger partial charge in [-0.1, -0.05) is 66.7 Å². The minimum Gasteiger partial charge on any atom is -0.872 e. The summed E-state index contributed by atoms with van der Waals surface area (Å²) < 4.78 is 30.8. The summed E-state index contributed by atoms with van der Waals surface area (Å²) in [6.45, 7) is 0. The van der Waals surface area contributed by atoms with Gasteiger partial charge in [0.1, 0.15) is 4.90 Å². The van der Waals surface area contributed by atoms with Crippen LogP contribution in [0, 0.1) is 0 Å². The van der Waals surface area contributed by atoms with E-state index >= 15 is 0 Å². The molecule has 1 aliphatic heterocycles. The fourth-order valence-electron chi connectivity index (χ4n) is 3.18. The van der Waals surface area contributed by atoms with Crippen molar-refractivity contribution >= 4 is 10.1 Å². The molecule has 0 aromatic heterocycles. The molecule has 5 nitrogen and oxygen atoms in total. The van der Waals surface area contributed by atoms with Crippen molar-refractivity contribution in [1.29, 1.82) is 0 Å². The number of fused-ring (bicyclic) bond motifs is 1.